The van der Waals surface area contributed by atoms with Crippen LogP contribution in [0.15, 0.2) is 65.7 Å². The molecule has 240 valence electrons. The molecule has 0 aliphatic rings. The third kappa shape index (κ3) is 12.7. The van der Waals surface area contributed by atoms with Gasteiger partial charge in [0.1, 0.15) is 17.2 Å². The molecule has 0 aromatic heterocycles. The molecule has 44 heavy (non-hydrogen) atoms. The number of phenols is 2. The highest BCUT2D eigenvalue weighted by atomic mass is 35.5. The first-order valence-electron chi connectivity index (χ1n) is 16.1. The fourth-order valence-corrected chi connectivity index (χ4v) is 5.58. The van der Waals surface area contributed by atoms with E-state index < -0.39 is 0 Å². The van der Waals surface area contributed by atoms with Crippen LogP contribution in [0.2, 0.25) is 10.0 Å². The molecule has 0 spiro atoms. The zero-order valence-electron chi connectivity index (χ0n) is 26.4. The van der Waals surface area contributed by atoms with Gasteiger partial charge in [0.05, 0.1) is 5.69 Å². The Balaban J connectivity index is 1.28. The number of aliphatic imine (C=N–C) groups is 1. The summed E-state index contributed by atoms with van der Waals surface area (Å²) in [6.45, 7) is 10.9. The van der Waals surface area contributed by atoms with Crippen LogP contribution in [0.4, 0.5) is 11.4 Å². The van der Waals surface area contributed by atoms with Crippen LogP contribution in [0, 0.1) is 0 Å². The lowest BCUT2D eigenvalue weighted by Gasteiger charge is -2.21. The lowest BCUT2D eigenvalue weighted by Crippen LogP contribution is -2.24. The number of nitrogens with zero attached hydrogens (tertiary/aromatic N) is 3. The second-order valence-corrected chi connectivity index (χ2v) is 12.1. The number of hydrogen-bond donors (Lipinski definition) is 3. The van der Waals surface area contributed by atoms with Crippen LogP contribution >= 0.6 is 23.2 Å². The van der Waals surface area contributed by atoms with Crippen LogP contribution in [0.5, 0.6) is 11.5 Å². The lowest BCUT2D eigenvalue weighted by atomic mass is 10.1. The van der Waals surface area contributed by atoms with Crippen molar-refractivity contribution in [2.24, 2.45) is 4.99 Å². The SMILES string of the molecule is CCN(CCCCCC=Nc1cc(O)c(NCCCCCCN(CC)Cc2ccccc2Cl)cc1O)Cc1ccccc1Cl. The highest BCUT2D eigenvalue weighted by Gasteiger charge is 2.09. The van der Waals surface area contributed by atoms with Gasteiger partial charge in [-0.1, -0.05) is 92.7 Å². The summed E-state index contributed by atoms with van der Waals surface area (Å²) in [5, 5.41) is 25.9. The highest BCUT2D eigenvalue weighted by Crippen LogP contribution is 2.36. The van der Waals surface area contributed by atoms with E-state index in [-0.39, 0.29) is 11.5 Å². The van der Waals surface area contributed by atoms with Crippen molar-refractivity contribution in [3.05, 3.63) is 81.8 Å². The molecule has 6 nitrogen and oxygen atoms in total. The van der Waals surface area contributed by atoms with Crippen molar-refractivity contribution in [2.45, 2.75) is 78.3 Å². The molecule has 8 heteroatoms. The van der Waals surface area contributed by atoms with Gasteiger partial charge in [-0.15, -0.1) is 0 Å². The summed E-state index contributed by atoms with van der Waals surface area (Å²) in [6.07, 6.45) is 10.3. The first-order valence-corrected chi connectivity index (χ1v) is 16.9. The van der Waals surface area contributed by atoms with E-state index >= 15 is 0 Å². The summed E-state index contributed by atoms with van der Waals surface area (Å²) >= 11 is 12.6. The minimum Gasteiger partial charge on any atom is -0.506 e. The molecule has 0 aliphatic heterocycles. The smallest absolute Gasteiger partial charge is 0.143 e. The maximum atomic E-state index is 10.5. The molecule has 0 amide bonds. The second kappa shape index (κ2) is 20.3. The van der Waals surface area contributed by atoms with E-state index in [1.54, 1.807) is 6.07 Å². The number of nitrogens with one attached hydrogen (secondary N) is 1. The Morgan fingerprint density at radius 1 is 0.705 bits per heavy atom. The first kappa shape index (κ1) is 35.7. The number of anilines is 1. The van der Waals surface area contributed by atoms with Crippen molar-refractivity contribution < 1.29 is 10.2 Å². The largest absolute Gasteiger partial charge is 0.506 e. The molecule has 0 radical (unpaired) electrons. The van der Waals surface area contributed by atoms with E-state index in [4.69, 9.17) is 23.2 Å². The van der Waals surface area contributed by atoms with E-state index in [1.807, 2.05) is 42.6 Å². The summed E-state index contributed by atoms with van der Waals surface area (Å²) in [5.74, 6) is 0.171. The Morgan fingerprint density at radius 3 is 1.82 bits per heavy atom. The number of aromatic hydroxyl groups is 2. The van der Waals surface area contributed by atoms with E-state index in [1.165, 1.54) is 17.2 Å². The van der Waals surface area contributed by atoms with Crippen LogP contribution in [0.3, 0.4) is 0 Å². The standard InChI is InChI=1S/C36H50Cl2N4O2/c1-3-41(27-29-17-9-11-19-31(29)37)23-15-7-5-13-21-39-33-25-36(44)34(26-35(33)43)40-22-14-6-8-16-24-42(4-2)28-30-18-10-12-20-32(30)38/h9-12,17-21,25-26,40,43-44H,3-8,13-16,22-24,27-28H2,1-2H3. The van der Waals surface area contributed by atoms with Gasteiger partial charge in [0, 0.05) is 48.0 Å². The van der Waals surface area contributed by atoms with Crippen LogP contribution < -0.4 is 5.32 Å². The van der Waals surface area contributed by atoms with Crippen molar-refractivity contribution >= 4 is 40.8 Å². The normalized spacial score (nSPS) is 11.7. The minimum absolute atomic E-state index is 0.0675. The van der Waals surface area contributed by atoms with E-state index in [2.05, 4.69) is 46.1 Å². The number of phenolic OH excluding ortho intramolecular Hbond substituents is 2. The molecule has 0 saturated heterocycles. The van der Waals surface area contributed by atoms with E-state index in [9.17, 15) is 10.2 Å². The lowest BCUT2D eigenvalue weighted by molar-refractivity contribution is 0.273. The predicted molar refractivity (Wildman–Crippen MR) is 188 cm³/mol. The predicted octanol–water partition coefficient (Wildman–Crippen LogP) is 9.68. The van der Waals surface area contributed by atoms with E-state index in [0.29, 0.717) is 11.4 Å². The Hall–Kier alpha value is -2.77. The number of halogens is 2. The van der Waals surface area contributed by atoms with Gasteiger partial charge in [-0.25, -0.2) is 0 Å². The average molecular weight is 642 g/mol. The number of unbranched alkanes of at least 4 members (excludes halogenated alkanes) is 6. The molecule has 0 heterocycles. The van der Waals surface area contributed by atoms with Crippen molar-refractivity contribution in [3.8, 4) is 11.5 Å². The molecule has 0 atom stereocenters. The molecule has 0 fully saturated rings. The third-order valence-electron chi connectivity index (χ3n) is 7.95. The molecular formula is C36H50Cl2N4O2. The molecule has 3 aromatic carbocycles. The summed E-state index contributed by atoms with van der Waals surface area (Å²) in [5.41, 5.74) is 3.28. The van der Waals surface area contributed by atoms with Crippen molar-refractivity contribution in [2.75, 3.05) is 38.0 Å². The molecule has 3 aromatic rings. The minimum atomic E-state index is 0.0675. The number of hydrogen-bond acceptors (Lipinski definition) is 6. The van der Waals surface area contributed by atoms with Crippen LogP contribution in [0.25, 0.3) is 0 Å². The Labute approximate surface area is 274 Å². The van der Waals surface area contributed by atoms with Gasteiger partial charge in [-0.2, -0.15) is 0 Å². The maximum Gasteiger partial charge on any atom is 0.143 e. The quantitative estimate of drug-likeness (QED) is 0.0468. The monoisotopic (exact) mass is 640 g/mol. The molecule has 3 rings (SSSR count). The molecule has 0 aliphatic carbocycles. The Morgan fingerprint density at radius 2 is 1.25 bits per heavy atom. The third-order valence-corrected chi connectivity index (χ3v) is 8.68. The first-order chi connectivity index (χ1) is 21.4. The van der Waals surface area contributed by atoms with Crippen molar-refractivity contribution in [1.29, 1.82) is 0 Å². The summed E-state index contributed by atoms with van der Waals surface area (Å²) in [4.78, 5) is 9.25. The van der Waals surface area contributed by atoms with Crippen molar-refractivity contribution in [1.82, 2.24) is 9.80 Å². The summed E-state index contributed by atoms with van der Waals surface area (Å²) < 4.78 is 0. The van der Waals surface area contributed by atoms with Crippen molar-refractivity contribution in [3.63, 3.8) is 0 Å². The van der Waals surface area contributed by atoms with Gasteiger partial charge >= 0.3 is 0 Å². The number of benzene rings is 3. The van der Waals surface area contributed by atoms with Gasteiger partial charge in [0.15, 0.2) is 0 Å². The van der Waals surface area contributed by atoms with Gasteiger partial charge in [0.25, 0.3) is 0 Å². The van der Waals surface area contributed by atoms with Gasteiger partial charge in [0.2, 0.25) is 0 Å². The molecule has 0 bridgehead atoms. The van der Waals surface area contributed by atoms with Gasteiger partial charge < -0.3 is 15.5 Å². The van der Waals surface area contributed by atoms with Gasteiger partial charge in [-0.05, 0) is 81.5 Å². The zero-order valence-corrected chi connectivity index (χ0v) is 28.0. The molecular weight excluding hydrogens is 591 g/mol. The second-order valence-electron chi connectivity index (χ2n) is 11.3. The van der Waals surface area contributed by atoms with Crippen LogP contribution in [-0.4, -0.2) is 59.0 Å². The van der Waals surface area contributed by atoms with E-state index in [0.717, 1.165) is 107 Å². The fraction of sp³-hybridized carbons (Fsp3) is 0.472. The molecule has 0 saturated carbocycles. The Kier molecular flexibility index (Phi) is 16.5. The summed E-state index contributed by atoms with van der Waals surface area (Å²) in [6, 6.07) is 19.2. The van der Waals surface area contributed by atoms with Gasteiger partial charge in [-0.3, -0.25) is 14.8 Å². The fourth-order valence-electron chi connectivity index (χ4n) is 5.19. The highest BCUT2D eigenvalue weighted by molar-refractivity contribution is 6.31. The topological polar surface area (TPSA) is 71.3 Å². The van der Waals surface area contributed by atoms with Crippen LogP contribution in [-0.2, 0) is 13.1 Å². The molecule has 3 N–H and O–H groups in total. The summed E-state index contributed by atoms with van der Waals surface area (Å²) in [7, 11) is 0. The van der Waals surface area contributed by atoms with Crippen LogP contribution in [0.1, 0.15) is 76.3 Å². The zero-order chi connectivity index (χ0) is 31.6. The average Bonchev–Trinajstić information content (AvgIpc) is 3.02. The maximum absolute atomic E-state index is 10.5. The Bertz CT molecular complexity index is 1290. The number of rotatable bonds is 21. The molecule has 0 unspecified atom stereocenters.